The van der Waals surface area contributed by atoms with Crippen LogP contribution >= 0.6 is 0 Å². The Labute approximate surface area is 372 Å². The molecule has 2 aliphatic carbocycles. The van der Waals surface area contributed by atoms with E-state index >= 15 is 0 Å². The van der Waals surface area contributed by atoms with Crippen LogP contribution in [0.5, 0.6) is 0 Å². The van der Waals surface area contributed by atoms with Crippen molar-refractivity contribution in [3.63, 3.8) is 0 Å². The first-order valence-electron chi connectivity index (χ1n) is 22.7. The van der Waals surface area contributed by atoms with E-state index in [4.69, 9.17) is 0 Å². The molecule has 302 valence electrons. The van der Waals surface area contributed by atoms with E-state index in [1.165, 1.54) is 163 Å². The molecule has 0 unspecified atom stereocenters. The topological polar surface area (TPSA) is 0 Å². The summed E-state index contributed by atoms with van der Waals surface area (Å²) >= 11 is 0. The molecular formula is C64H46. The zero-order chi connectivity index (χ0) is 43.1. The lowest BCUT2D eigenvalue weighted by Gasteiger charge is -2.18. The lowest BCUT2D eigenvalue weighted by Crippen LogP contribution is -1.95. The van der Waals surface area contributed by atoms with Crippen LogP contribution in [0.25, 0.3) is 87.6 Å². The molecule has 64 heavy (non-hydrogen) atoms. The van der Waals surface area contributed by atoms with Gasteiger partial charge in [-0.2, -0.15) is 0 Å². The molecule has 0 saturated heterocycles. The van der Waals surface area contributed by atoms with Crippen LogP contribution in [0.15, 0.2) is 170 Å². The Morgan fingerprint density at radius 1 is 0.266 bits per heavy atom. The minimum absolute atomic E-state index is 1.26. The molecule has 0 fully saturated rings. The van der Waals surface area contributed by atoms with Gasteiger partial charge in [-0.25, -0.2) is 0 Å². The van der Waals surface area contributed by atoms with Crippen molar-refractivity contribution >= 4 is 43.1 Å². The SMILES string of the molecule is Cc1cccc(-c2c3c(c(-c4cc(C)ccc4C)c4ccccc24)=c2ccc4c5c(ccc=3c25)=c2c(-c3cccc(C)c3)c3cc5ccccc5cc3c(-c3cc(C)ccc3C)c2=4)c1. The molecular weight excluding hydrogens is 769 g/mol. The standard InChI is InChI=1S/C64H46/c1-35-13-11-17-43(29-35)55-45-19-9-10-20-46(45)57(51-31-37(3)21-23-39(51)5)63-49-27-28-50-59-48(26-25-47(58(49)59)61(55)63)62-56(44-18-12-14-36(2)30-44)53-33-41-15-7-8-16-42(41)34-54(53)60(64(50)62)52-32-38(4)22-24-40(52)6/h7-34H,1-6H3. The summed E-state index contributed by atoms with van der Waals surface area (Å²) in [4.78, 5) is 0. The Hall–Kier alpha value is -7.54. The summed E-state index contributed by atoms with van der Waals surface area (Å²) in [5.41, 5.74) is 18.1. The van der Waals surface area contributed by atoms with Crippen molar-refractivity contribution in [1.29, 1.82) is 0 Å². The summed E-state index contributed by atoms with van der Waals surface area (Å²) in [5.74, 6) is 0. The molecule has 0 radical (unpaired) electrons. The number of rotatable bonds is 4. The third-order valence-electron chi connectivity index (χ3n) is 14.6. The highest BCUT2D eigenvalue weighted by atomic mass is 14.3. The number of aryl methyl sites for hydroxylation is 6. The van der Waals surface area contributed by atoms with Crippen LogP contribution in [0.3, 0.4) is 0 Å². The molecule has 0 aliphatic heterocycles. The van der Waals surface area contributed by atoms with Crippen LogP contribution in [0.2, 0.25) is 0 Å². The van der Waals surface area contributed by atoms with Crippen LogP contribution in [0.4, 0.5) is 0 Å². The van der Waals surface area contributed by atoms with Gasteiger partial charge in [0, 0.05) is 0 Å². The molecule has 0 bridgehead atoms. The predicted molar refractivity (Wildman–Crippen MR) is 270 cm³/mol. The van der Waals surface area contributed by atoms with Gasteiger partial charge in [-0.05, 0) is 194 Å². The second-order valence-corrected chi connectivity index (χ2v) is 18.7. The van der Waals surface area contributed by atoms with Crippen LogP contribution < -0.4 is 0 Å². The molecule has 0 nitrogen and oxygen atoms in total. The lowest BCUT2D eigenvalue weighted by molar-refractivity contribution is 1.38. The second-order valence-electron chi connectivity index (χ2n) is 18.7. The summed E-state index contributed by atoms with van der Waals surface area (Å²) in [6, 6.07) is 65.3. The molecule has 0 heterocycles. The number of benzene rings is 11. The van der Waals surface area contributed by atoms with Crippen LogP contribution in [0.1, 0.15) is 33.4 Å². The van der Waals surface area contributed by atoms with Gasteiger partial charge in [0.05, 0.1) is 0 Å². The maximum absolute atomic E-state index is 2.49. The Morgan fingerprint density at radius 2 is 0.641 bits per heavy atom. The van der Waals surface area contributed by atoms with Crippen LogP contribution in [-0.2, 0) is 0 Å². The highest BCUT2D eigenvalue weighted by Crippen LogP contribution is 2.47. The second kappa shape index (κ2) is 13.5. The quantitative estimate of drug-likeness (QED) is 0.155. The summed E-state index contributed by atoms with van der Waals surface area (Å²) in [6.45, 7) is 13.5. The van der Waals surface area contributed by atoms with Crippen LogP contribution in [-0.4, -0.2) is 0 Å². The van der Waals surface area contributed by atoms with Crippen molar-refractivity contribution in [3.05, 3.63) is 245 Å². The maximum Gasteiger partial charge on any atom is -0.000730 e. The van der Waals surface area contributed by atoms with Gasteiger partial charge in [-0.15, -0.1) is 0 Å². The molecule has 0 saturated carbocycles. The van der Waals surface area contributed by atoms with Crippen molar-refractivity contribution in [2.75, 3.05) is 0 Å². The first kappa shape index (κ1) is 37.1. The molecule has 2 aliphatic rings. The van der Waals surface area contributed by atoms with Gasteiger partial charge in [0.25, 0.3) is 0 Å². The average Bonchev–Trinajstić information content (AvgIpc) is 3.80. The van der Waals surface area contributed by atoms with E-state index in [0.717, 1.165) is 0 Å². The fourth-order valence-electron chi connectivity index (χ4n) is 11.8. The molecule has 13 rings (SSSR count). The van der Waals surface area contributed by atoms with E-state index in [9.17, 15) is 0 Å². The summed E-state index contributed by atoms with van der Waals surface area (Å²) < 4.78 is 0. The maximum atomic E-state index is 2.49. The molecule has 11 aromatic carbocycles. The Bertz CT molecular complexity index is 4360. The largest absolute Gasteiger partial charge is 0.0616 e. The van der Waals surface area contributed by atoms with Gasteiger partial charge in [0.2, 0.25) is 0 Å². The highest BCUT2D eigenvalue weighted by Gasteiger charge is 2.25. The van der Waals surface area contributed by atoms with E-state index in [0.29, 0.717) is 0 Å². The minimum atomic E-state index is 1.26. The lowest BCUT2D eigenvalue weighted by atomic mass is 9.85. The molecule has 0 atom stereocenters. The normalized spacial score (nSPS) is 12.2. The molecule has 0 aromatic heterocycles. The summed E-state index contributed by atoms with van der Waals surface area (Å²) in [6.07, 6.45) is 0. The third-order valence-corrected chi connectivity index (χ3v) is 14.6. The number of fused-ring (bicyclic) bond motifs is 5. The first-order chi connectivity index (χ1) is 31.2. The number of hydrogen-bond donors (Lipinski definition) is 0. The monoisotopic (exact) mass is 814 g/mol. The zero-order valence-corrected chi connectivity index (χ0v) is 37.2. The zero-order valence-electron chi connectivity index (χ0n) is 37.2. The van der Waals surface area contributed by atoms with Crippen molar-refractivity contribution in [1.82, 2.24) is 0 Å². The Morgan fingerprint density at radius 3 is 1.11 bits per heavy atom. The number of hydrogen-bond acceptors (Lipinski definition) is 0. The van der Waals surface area contributed by atoms with Crippen molar-refractivity contribution < 1.29 is 0 Å². The van der Waals surface area contributed by atoms with Crippen molar-refractivity contribution in [3.8, 4) is 44.5 Å². The Kier molecular flexibility index (Phi) is 7.80. The van der Waals surface area contributed by atoms with E-state index < -0.39 is 0 Å². The van der Waals surface area contributed by atoms with Crippen molar-refractivity contribution in [2.24, 2.45) is 0 Å². The van der Waals surface area contributed by atoms with Gasteiger partial charge in [0.1, 0.15) is 0 Å². The third kappa shape index (κ3) is 5.11. The molecule has 11 aromatic rings. The fraction of sp³-hybridized carbons (Fsp3) is 0.0938. The van der Waals surface area contributed by atoms with Gasteiger partial charge < -0.3 is 0 Å². The molecule has 0 spiro atoms. The van der Waals surface area contributed by atoms with E-state index in [2.05, 4.69) is 211 Å². The van der Waals surface area contributed by atoms with Gasteiger partial charge >= 0.3 is 0 Å². The first-order valence-corrected chi connectivity index (χ1v) is 22.7. The summed E-state index contributed by atoms with van der Waals surface area (Å²) in [7, 11) is 0. The predicted octanol–water partition coefficient (Wildman–Crippen LogP) is 16.6. The van der Waals surface area contributed by atoms with Gasteiger partial charge in [-0.1, -0.05) is 180 Å². The van der Waals surface area contributed by atoms with E-state index in [-0.39, 0.29) is 0 Å². The van der Waals surface area contributed by atoms with Gasteiger partial charge in [0.15, 0.2) is 0 Å². The Balaban J connectivity index is 1.37. The van der Waals surface area contributed by atoms with Crippen molar-refractivity contribution in [2.45, 2.75) is 41.5 Å². The summed E-state index contributed by atoms with van der Waals surface area (Å²) in [5, 5.41) is 21.2. The van der Waals surface area contributed by atoms with E-state index in [1.54, 1.807) is 0 Å². The van der Waals surface area contributed by atoms with E-state index in [1.807, 2.05) is 0 Å². The van der Waals surface area contributed by atoms with Crippen LogP contribution in [0, 0.1) is 83.3 Å². The van der Waals surface area contributed by atoms with Gasteiger partial charge in [-0.3, -0.25) is 0 Å². The minimum Gasteiger partial charge on any atom is -0.0616 e. The highest BCUT2D eigenvalue weighted by molar-refractivity contribution is 6.13. The fourth-order valence-corrected chi connectivity index (χ4v) is 11.8. The molecule has 0 amide bonds. The smallest absolute Gasteiger partial charge is 0.000730 e. The average molecular weight is 815 g/mol. The molecule has 0 N–H and O–H groups in total. The molecule has 0 heteroatoms.